The van der Waals surface area contributed by atoms with Crippen LogP contribution in [0.2, 0.25) is 5.02 Å². The number of pyridine rings is 1. The number of anilines is 1. The van der Waals surface area contributed by atoms with Gasteiger partial charge in [0, 0.05) is 26.2 Å². The summed E-state index contributed by atoms with van der Waals surface area (Å²) in [5.74, 6) is 0.717. The molecule has 0 aliphatic rings. The van der Waals surface area contributed by atoms with Crippen LogP contribution in [-0.4, -0.2) is 12.1 Å². The number of hydrogen-bond donors (Lipinski definition) is 1. The fourth-order valence-corrected chi connectivity index (χ4v) is 3.00. The number of aryl methyl sites for hydroxylation is 1. The molecule has 1 heterocycles. The van der Waals surface area contributed by atoms with Crippen LogP contribution in [-0.2, 0) is 6.54 Å². The summed E-state index contributed by atoms with van der Waals surface area (Å²) in [6.07, 6.45) is 1.77. The molecular weight excluding hydrogens is 407 g/mol. The summed E-state index contributed by atoms with van der Waals surface area (Å²) in [6.45, 7) is 2.55. The molecule has 2 aromatic rings. The number of methoxy groups -OCH3 is 1. The molecule has 0 unspecified atom stereocenters. The van der Waals surface area contributed by atoms with Crippen molar-refractivity contribution in [2.24, 2.45) is 0 Å². The maximum atomic E-state index is 6.09. The van der Waals surface area contributed by atoms with E-state index in [0.717, 1.165) is 25.9 Å². The van der Waals surface area contributed by atoms with Crippen molar-refractivity contribution in [1.82, 2.24) is 4.98 Å². The highest BCUT2D eigenvalue weighted by Gasteiger charge is 2.08. The van der Waals surface area contributed by atoms with E-state index in [9.17, 15) is 0 Å². The molecule has 20 heavy (non-hydrogen) atoms. The van der Waals surface area contributed by atoms with Gasteiger partial charge >= 0.3 is 0 Å². The zero-order valence-corrected chi connectivity index (χ0v) is 14.9. The summed E-state index contributed by atoms with van der Waals surface area (Å²) in [5, 5.41) is 4.01. The van der Waals surface area contributed by atoms with Crippen LogP contribution in [0.1, 0.15) is 11.3 Å². The summed E-state index contributed by atoms with van der Waals surface area (Å²) < 4.78 is 7.22. The Morgan fingerprint density at radius 1 is 1.30 bits per heavy atom. The summed E-state index contributed by atoms with van der Waals surface area (Å²) in [7, 11) is 1.62. The number of halogens is 3. The second-order valence-corrected chi connectivity index (χ2v) is 6.41. The predicted octanol–water partition coefficient (Wildman–Crippen LogP) is 5.19. The average molecular weight is 421 g/mol. The van der Waals surface area contributed by atoms with Gasteiger partial charge in [-0.2, -0.15) is 0 Å². The number of hydrogen-bond acceptors (Lipinski definition) is 3. The third-order valence-electron chi connectivity index (χ3n) is 2.81. The molecule has 0 saturated heterocycles. The molecule has 0 saturated carbocycles. The van der Waals surface area contributed by atoms with Gasteiger partial charge in [0.25, 0.3) is 0 Å². The Labute approximate surface area is 140 Å². The van der Waals surface area contributed by atoms with Crippen molar-refractivity contribution in [3.63, 3.8) is 0 Å². The summed E-state index contributed by atoms with van der Waals surface area (Å²) in [4.78, 5) is 4.37. The second kappa shape index (κ2) is 6.78. The van der Waals surface area contributed by atoms with Crippen molar-refractivity contribution >= 4 is 49.1 Å². The Kier molecular flexibility index (Phi) is 5.29. The van der Waals surface area contributed by atoms with E-state index in [0.29, 0.717) is 17.3 Å². The van der Waals surface area contributed by atoms with Crippen molar-refractivity contribution in [2.45, 2.75) is 13.5 Å². The fraction of sp³-hybridized carbons (Fsp3) is 0.214. The molecule has 2 rings (SSSR count). The number of nitrogens with one attached hydrogen (secondary N) is 1. The van der Waals surface area contributed by atoms with Crippen molar-refractivity contribution in [2.75, 3.05) is 12.4 Å². The van der Waals surface area contributed by atoms with Crippen LogP contribution in [0.15, 0.2) is 33.3 Å². The van der Waals surface area contributed by atoms with Gasteiger partial charge < -0.3 is 10.1 Å². The first kappa shape index (κ1) is 15.6. The molecule has 0 bridgehead atoms. The van der Waals surface area contributed by atoms with Crippen LogP contribution in [0.5, 0.6) is 5.75 Å². The number of rotatable bonds is 4. The topological polar surface area (TPSA) is 34.1 Å². The van der Waals surface area contributed by atoms with Crippen molar-refractivity contribution in [3.05, 3.63) is 49.6 Å². The van der Waals surface area contributed by atoms with E-state index in [1.807, 2.05) is 25.1 Å². The lowest BCUT2D eigenvalue weighted by molar-refractivity contribution is 0.416. The molecule has 6 heteroatoms. The third-order valence-corrected chi connectivity index (χ3v) is 4.34. The summed E-state index contributed by atoms with van der Waals surface area (Å²) >= 11 is 13.0. The van der Waals surface area contributed by atoms with E-state index < -0.39 is 0 Å². The Morgan fingerprint density at radius 3 is 2.70 bits per heavy atom. The lowest BCUT2D eigenvalue weighted by Crippen LogP contribution is -2.04. The molecule has 1 aromatic heterocycles. The minimum absolute atomic E-state index is 0.589. The highest BCUT2D eigenvalue weighted by Crippen LogP contribution is 2.31. The van der Waals surface area contributed by atoms with E-state index >= 15 is 0 Å². The third kappa shape index (κ3) is 3.65. The van der Waals surface area contributed by atoms with Gasteiger partial charge in [-0.3, -0.25) is 4.98 Å². The normalized spacial score (nSPS) is 10.4. The van der Waals surface area contributed by atoms with E-state index in [1.165, 1.54) is 0 Å². The first-order valence-electron chi connectivity index (χ1n) is 5.89. The van der Waals surface area contributed by atoms with Crippen molar-refractivity contribution in [1.29, 1.82) is 0 Å². The summed E-state index contributed by atoms with van der Waals surface area (Å²) in [6, 6.07) is 5.74. The number of ether oxygens (including phenoxy) is 1. The molecule has 0 aliphatic carbocycles. The second-order valence-electron chi connectivity index (χ2n) is 4.24. The lowest BCUT2D eigenvalue weighted by atomic mass is 10.2. The smallest absolute Gasteiger partial charge is 0.143 e. The molecule has 0 atom stereocenters. The van der Waals surface area contributed by atoms with E-state index in [1.54, 1.807) is 13.3 Å². The average Bonchev–Trinajstić information content (AvgIpc) is 2.41. The molecule has 3 nitrogen and oxygen atoms in total. The van der Waals surface area contributed by atoms with Gasteiger partial charge in [0.1, 0.15) is 5.75 Å². The molecule has 0 amide bonds. The zero-order chi connectivity index (χ0) is 14.7. The molecule has 106 valence electrons. The standard InChI is InChI=1S/C14H13Br2ClN2O/c1-8-3-12(14(20-2)5-11(8)17)19-7-13-10(16)4-9(15)6-18-13/h3-6,19H,7H2,1-2H3. The van der Waals surface area contributed by atoms with Crippen molar-refractivity contribution in [3.8, 4) is 5.75 Å². The first-order chi connectivity index (χ1) is 9.51. The van der Waals surface area contributed by atoms with Gasteiger partial charge in [0.15, 0.2) is 0 Å². The van der Waals surface area contributed by atoms with E-state index in [-0.39, 0.29) is 0 Å². The minimum Gasteiger partial charge on any atom is -0.495 e. The first-order valence-corrected chi connectivity index (χ1v) is 7.85. The quantitative estimate of drug-likeness (QED) is 0.739. The maximum Gasteiger partial charge on any atom is 0.143 e. The lowest BCUT2D eigenvalue weighted by Gasteiger charge is -2.13. The fourth-order valence-electron chi connectivity index (χ4n) is 1.72. The van der Waals surface area contributed by atoms with Crippen LogP contribution in [0.25, 0.3) is 0 Å². The van der Waals surface area contributed by atoms with Crippen LogP contribution < -0.4 is 10.1 Å². The van der Waals surface area contributed by atoms with Gasteiger partial charge in [0.2, 0.25) is 0 Å². The van der Waals surface area contributed by atoms with Crippen LogP contribution >= 0.6 is 43.5 Å². The van der Waals surface area contributed by atoms with Gasteiger partial charge in [-0.1, -0.05) is 11.6 Å². The monoisotopic (exact) mass is 418 g/mol. The molecule has 1 N–H and O–H groups in total. The Hall–Kier alpha value is -0.780. The molecule has 0 aliphatic heterocycles. The largest absolute Gasteiger partial charge is 0.495 e. The van der Waals surface area contributed by atoms with Crippen LogP contribution in [0, 0.1) is 6.92 Å². The number of benzene rings is 1. The molecule has 0 fully saturated rings. The van der Waals surface area contributed by atoms with Gasteiger partial charge in [-0.05, 0) is 56.5 Å². The van der Waals surface area contributed by atoms with Gasteiger partial charge in [-0.25, -0.2) is 0 Å². The zero-order valence-electron chi connectivity index (χ0n) is 11.0. The Morgan fingerprint density at radius 2 is 2.05 bits per heavy atom. The number of aromatic nitrogens is 1. The molecule has 0 spiro atoms. The number of nitrogens with zero attached hydrogens (tertiary/aromatic N) is 1. The molecular formula is C14H13Br2ClN2O. The van der Waals surface area contributed by atoms with E-state index in [4.69, 9.17) is 16.3 Å². The SMILES string of the molecule is COc1cc(Cl)c(C)cc1NCc1ncc(Br)cc1Br. The minimum atomic E-state index is 0.589. The van der Waals surface area contributed by atoms with Crippen LogP contribution in [0.3, 0.4) is 0 Å². The van der Waals surface area contributed by atoms with Crippen LogP contribution in [0.4, 0.5) is 5.69 Å². The molecule has 0 radical (unpaired) electrons. The van der Waals surface area contributed by atoms with E-state index in [2.05, 4.69) is 42.2 Å². The Balaban J connectivity index is 2.20. The summed E-state index contributed by atoms with van der Waals surface area (Å²) in [5.41, 5.74) is 2.81. The highest BCUT2D eigenvalue weighted by molar-refractivity contribution is 9.11. The van der Waals surface area contributed by atoms with Gasteiger partial charge in [-0.15, -0.1) is 0 Å². The molecule has 1 aromatic carbocycles. The van der Waals surface area contributed by atoms with Crippen molar-refractivity contribution < 1.29 is 4.74 Å². The highest BCUT2D eigenvalue weighted by atomic mass is 79.9. The van der Waals surface area contributed by atoms with Gasteiger partial charge in [0.05, 0.1) is 25.0 Å². The predicted molar refractivity (Wildman–Crippen MR) is 89.7 cm³/mol. The maximum absolute atomic E-state index is 6.09. The Bertz CT molecular complexity index is 635.